The molecule has 4 heteroatoms. The minimum Gasteiger partial charge on any atom is -0.376 e. The first-order valence-corrected chi connectivity index (χ1v) is 28.6. The standard InChI is InChI=1S/C75H68BN3/c1-49-42-62-63(73(4,5)41-40-72(62,2)3)47-67(49)78-69-45-57(77(54-28-18-12-19-29-54)55-30-20-13-21-31-55)38-39-66(69)76-71-59(43-53(44-70(71)78)51-26-16-11-17-27-51)58-46-64-65(75(8,9)61-33-23-22-32-60(61)74(64,6)7)48-68(58)79(76)56-36-34-52(35-37-56)50-24-14-10-15-25-50/h10-39,42-48H,40-41H2,1-9H3. The van der Waals surface area contributed by atoms with Gasteiger partial charge in [0.2, 0.25) is 0 Å². The summed E-state index contributed by atoms with van der Waals surface area (Å²) in [5, 5.41) is 0. The highest BCUT2D eigenvalue weighted by Crippen LogP contribution is 2.57. The number of aryl methyl sites for hydroxylation is 1. The van der Waals surface area contributed by atoms with Gasteiger partial charge in [-0.2, -0.15) is 0 Å². The fourth-order valence-electron chi connectivity index (χ4n) is 14.4. The molecule has 386 valence electrons. The van der Waals surface area contributed by atoms with Crippen LogP contribution in [0.5, 0.6) is 0 Å². The molecule has 10 aromatic carbocycles. The summed E-state index contributed by atoms with van der Waals surface area (Å²) in [6, 6.07) is 85.1. The van der Waals surface area contributed by atoms with Crippen molar-refractivity contribution in [3.05, 3.63) is 263 Å². The molecule has 2 aliphatic heterocycles. The average Bonchev–Trinajstić information content (AvgIpc) is 1.72. The fraction of sp³-hybridized carbons (Fsp3) is 0.200. The second kappa shape index (κ2) is 17.8. The molecule has 0 fully saturated rings. The lowest BCUT2D eigenvalue weighted by molar-refractivity contribution is 0.332. The predicted octanol–water partition coefficient (Wildman–Crippen LogP) is 18.8. The van der Waals surface area contributed by atoms with E-state index in [2.05, 4.69) is 301 Å². The summed E-state index contributed by atoms with van der Waals surface area (Å²) in [6.45, 7) is 21.8. The van der Waals surface area contributed by atoms with Crippen LogP contribution < -0.4 is 25.5 Å². The van der Waals surface area contributed by atoms with Crippen molar-refractivity contribution in [2.45, 2.75) is 96.8 Å². The Kier molecular flexibility index (Phi) is 11.1. The quantitative estimate of drug-likeness (QED) is 0.147. The zero-order chi connectivity index (χ0) is 54.2. The monoisotopic (exact) mass is 1020 g/mol. The summed E-state index contributed by atoms with van der Waals surface area (Å²) in [5.41, 5.74) is 28.7. The summed E-state index contributed by atoms with van der Waals surface area (Å²) in [7, 11) is 0. The normalized spacial score (nSPS) is 16.4. The van der Waals surface area contributed by atoms with Gasteiger partial charge in [0.25, 0.3) is 0 Å². The summed E-state index contributed by atoms with van der Waals surface area (Å²) in [4.78, 5) is 7.83. The maximum absolute atomic E-state index is 2.72. The molecular formula is C75H68BN3. The van der Waals surface area contributed by atoms with Crippen LogP contribution in [0.4, 0.5) is 45.5 Å². The van der Waals surface area contributed by atoms with Crippen molar-refractivity contribution >= 4 is 63.3 Å². The van der Waals surface area contributed by atoms with Crippen molar-refractivity contribution in [2.75, 3.05) is 14.6 Å². The number of hydrogen-bond acceptors (Lipinski definition) is 3. The second-order valence-electron chi connectivity index (χ2n) is 25.3. The molecule has 10 aromatic rings. The third-order valence-electron chi connectivity index (χ3n) is 18.8. The van der Waals surface area contributed by atoms with Crippen molar-refractivity contribution in [1.29, 1.82) is 0 Å². The molecular weight excluding hydrogens is 954 g/mol. The average molecular weight is 1020 g/mol. The van der Waals surface area contributed by atoms with Crippen LogP contribution in [-0.4, -0.2) is 6.85 Å². The molecule has 0 radical (unpaired) electrons. The molecule has 2 aliphatic carbocycles. The molecule has 0 N–H and O–H groups in total. The lowest BCUT2D eigenvalue weighted by atomic mass is 9.43. The van der Waals surface area contributed by atoms with E-state index in [0.717, 1.165) is 35.6 Å². The summed E-state index contributed by atoms with van der Waals surface area (Å²) in [5.74, 6) is 0. The van der Waals surface area contributed by atoms with Gasteiger partial charge in [0.05, 0.1) is 0 Å². The van der Waals surface area contributed by atoms with Crippen LogP contribution in [0.25, 0.3) is 33.4 Å². The molecule has 0 bridgehead atoms. The van der Waals surface area contributed by atoms with E-state index in [-0.39, 0.29) is 28.5 Å². The summed E-state index contributed by atoms with van der Waals surface area (Å²) >= 11 is 0. The van der Waals surface area contributed by atoms with E-state index in [1.165, 1.54) is 106 Å². The molecule has 0 unspecified atom stereocenters. The van der Waals surface area contributed by atoms with Gasteiger partial charge in [-0.15, -0.1) is 0 Å². The largest absolute Gasteiger partial charge is 0.376 e. The maximum Gasteiger partial charge on any atom is 0.333 e. The van der Waals surface area contributed by atoms with E-state index in [0.29, 0.717) is 0 Å². The molecule has 79 heavy (non-hydrogen) atoms. The van der Waals surface area contributed by atoms with Gasteiger partial charge < -0.3 is 14.6 Å². The van der Waals surface area contributed by atoms with E-state index in [9.17, 15) is 0 Å². The second-order valence-corrected chi connectivity index (χ2v) is 25.3. The van der Waals surface area contributed by atoms with Gasteiger partial charge in [0.1, 0.15) is 0 Å². The van der Waals surface area contributed by atoms with Gasteiger partial charge in [0, 0.05) is 61.9 Å². The number of anilines is 8. The van der Waals surface area contributed by atoms with Crippen molar-refractivity contribution in [1.82, 2.24) is 0 Å². The lowest BCUT2D eigenvalue weighted by Crippen LogP contribution is -2.61. The topological polar surface area (TPSA) is 9.72 Å². The van der Waals surface area contributed by atoms with Crippen LogP contribution in [0.1, 0.15) is 107 Å². The molecule has 0 spiro atoms. The van der Waals surface area contributed by atoms with Gasteiger partial charge in [-0.05, 0) is 187 Å². The first-order valence-electron chi connectivity index (χ1n) is 28.6. The number of para-hydroxylation sites is 2. The number of rotatable bonds is 7. The molecule has 2 heterocycles. The van der Waals surface area contributed by atoms with Crippen LogP contribution >= 0.6 is 0 Å². The van der Waals surface area contributed by atoms with Gasteiger partial charge in [0.15, 0.2) is 0 Å². The molecule has 0 saturated carbocycles. The van der Waals surface area contributed by atoms with E-state index < -0.39 is 0 Å². The Morgan fingerprint density at radius 2 is 0.861 bits per heavy atom. The third kappa shape index (κ3) is 7.61. The molecule has 0 aromatic heterocycles. The molecule has 0 saturated heterocycles. The van der Waals surface area contributed by atoms with E-state index in [1.807, 2.05) is 0 Å². The van der Waals surface area contributed by atoms with Crippen molar-refractivity contribution in [3.8, 4) is 33.4 Å². The molecule has 14 rings (SSSR count). The molecule has 0 amide bonds. The smallest absolute Gasteiger partial charge is 0.333 e. The number of fused-ring (bicyclic) bond motifs is 7. The molecule has 0 atom stereocenters. The van der Waals surface area contributed by atoms with Gasteiger partial charge in [-0.1, -0.05) is 201 Å². The Labute approximate surface area is 469 Å². The minimum atomic E-state index is -0.253. The Balaban J connectivity index is 1.12. The van der Waals surface area contributed by atoms with Crippen molar-refractivity contribution in [2.24, 2.45) is 0 Å². The van der Waals surface area contributed by atoms with Crippen LogP contribution in [0.15, 0.2) is 224 Å². The van der Waals surface area contributed by atoms with Gasteiger partial charge in [-0.25, -0.2) is 0 Å². The van der Waals surface area contributed by atoms with E-state index in [4.69, 9.17) is 0 Å². The Morgan fingerprint density at radius 1 is 0.367 bits per heavy atom. The van der Waals surface area contributed by atoms with Crippen molar-refractivity contribution < 1.29 is 0 Å². The zero-order valence-corrected chi connectivity index (χ0v) is 47.2. The number of hydrogen-bond donors (Lipinski definition) is 0. The third-order valence-corrected chi connectivity index (χ3v) is 18.8. The van der Waals surface area contributed by atoms with Crippen molar-refractivity contribution in [3.63, 3.8) is 0 Å². The Morgan fingerprint density at radius 3 is 1.44 bits per heavy atom. The molecule has 4 aliphatic rings. The van der Waals surface area contributed by atoms with Crippen LogP contribution in [0, 0.1) is 6.92 Å². The first kappa shape index (κ1) is 49.0. The highest BCUT2D eigenvalue weighted by atomic mass is 15.2. The summed E-state index contributed by atoms with van der Waals surface area (Å²) in [6.07, 6.45) is 2.30. The summed E-state index contributed by atoms with van der Waals surface area (Å²) < 4.78 is 0. The SMILES string of the molecule is Cc1cc2c(cc1N1c3cc(N(c4ccccc4)c4ccccc4)ccc3B3c4c(cc(-c5ccccc5)cc41)-c1cc4c(cc1N3c1ccc(-c3ccccc3)cc1)C(C)(C)c1ccccc1C4(C)C)C(C)(C)CCC2(C)C. The zero-order valence-electron chi connectivity index (χ0n) is 47.2. The Hall–Kier alpha value is -8.34. The van der Waals surface area contributed by atoms with E-state index in [1.54, 1.807) is 0 Å². The molecule has 3 nitrogen and oxygen atoms in total. The maximum atomic E-state index is 2.72. The predicted molar refractivity (Wildman–Crippen MR) is 336 cm³/mol. The van der Waals surface area contributed by atoms with Gasteiger partial charge >= 0.3 is 6.85 Å². The Bertz CT molecular complexity index is 3990. The fourth-order valence-corrected chi connectivity index (χ4v) is 14.4. The number of benzene rings is 10. The highest BCUT2D eigenvalue weighted by molar-refractivity contribution is 6.93. The van der Waals surface area contributed by atoms with Crippen LogP contribution in [0.2, 0.25) is 0 Å². The number of nitrogens with zero attached hydrogens (tertiary/aromatic N) is 3. The first-order chi connectivity index (χ1) is 38.1. The van der Waals surface area contributed by atoms with E-state index >= 15 is 0 Å². The van der Waals surface area contributed by atoms with Crippen LogP contribution in [-0.2, 0) is 21.7 Å². The van der Waals surface area contributed by atoms with Gasteiger partial charge in [-0.3, -0.25) is 0 Å². The minimum absolute atomic E-state index is 0.00101. The highest BCUT2D eigenvalue weighted by Gasteiger charge is 2.49. The lowest BCUT2D eigenvalue weighted by Gasteiger charge is -2.49. The van der Waals surface area contributed by atoms with Crippen LogP contribution in [0.3, 0.4) is 0 Å².